The van der Waals surface area contributed by atoms with E-state index in [9.17, 15) is 0 Å². The minimum atomic E-state index is 0.803. The van der Waals surface area contributed by atoms with E-state index in [0.29, 0.717) is 0 Å². The molecule has 0 spiro atoms. The van der Waals surface area contributed by atoms with Crippen molar-refractivity contribution >= 4 is 5.96 Å². The first kappa shape index (κ1) is 20.2. The van der Waals surface area contributed by atoms with Gasteiger partial charge in [0.2, 0.25) is 0 Å². The number of nitrogens with one attached hydrogen (secondary N) is 2. The third-order valence-electron chi connectivity index (χ3n) is 2.92. The van der Waals surface area contributed by atoms with Gasteiger partial charge >= 0.3 is 0 Å². The van der Waals surface area contributed by atoms with E-state index in [0.717, 1.165) is 77.7 Å². The molecule has 0 aliphatic rings. The Morgan fingerprint density at radius 2 is 1.62 bits per heavy atom. The number of nitrogens with zero attached hydrogens (tertiary/aromatic N) is 1. The van der Waals surface area contributed by atoms with Crippen molar-refractivity contribution < 1.29 is 9.47 Å². The number of guanidine groups is 1. The summed E-state index contributed by atoms with van der Waals surface area (Å²) in [4.78, 5) is 4.55. The second-order valence-electron chi connectivity index (χ2n) is 4.91. The Labute approximate surface area is 130 Å². The smallest absolute Gasteiger partial charge is 0.191 e. The summed E-state index contributed by atoms with van der Waals surface area (Å²) in [6.45, 7) is 12.2. The lowest BCUT2D eigenvalue weighted by molar-refractivity contribution is 0.130. The van der Waals surface area contributed by atoms with Gasteiger partial charge in [-0.2, -0.15) is 0 Å². The molecule has 5 nitrogen and oxygen atoms in total. The van der Waals surface area contributed by atoms with Crippen molar-refractivity contribution in [1.82, 2.24) is 10.6 Å². The summed E-state index contributed by atoms with van der Waals surface area (Å²) in [6.07, 6.45) is 5.51. The van der Waals surface area contributed by atoms with Gasteiger partial charge in [-0.15, -0.1) is 0 Å². The van der Waals surface area contributed by atoms with Crippen molar-refractivity contribution in [2.45, 2.75) is 52.9 Å². The van der Waals surface area contributed by atoms with Crippen molar-refractivity contribution in [3.05, 3.63) is 0 Å². The summed E-state index contributed by atoms with van der Waals surface area (Å²) in [5, 5.41) is 6.61. The molecule has 0 atom stereocenters. The number of rotatable bonds is 14. The largest absolute Gasteiger partial charge is 0.382 e. The Kier molecular flexibility index (Phi) is 16.6. The fourth-order valence-corrected chi connectivity index (χ4v) is 1.73. The highest BCUT2D eigenvalue weighted by Crippen LogP contribution is 1.91. The lowest BCUT2D eigenvalue weighted by Gasteiger charge is -2.11. The average molecular weight is 301 g/mol. The van der Waals surface area contributed by atoms with E-state index >= 15 is 0 Å². The summed E-state index contributed by atoms with van der Waals surface area (Å²) in [5.74, 6) is 0.905. The maximum atomic E-state index is 5.53. The van der Waals surface area contributed by atoms with Crippen LogP contribution in [0.4, 0.5) is 0 Å². The molecule has 0 amide bonds. The standard InChI is InChI=1S/C16H35N3O2/c1-4-7-13-21-15-10-12-19-16(17-5-2)18-11-8-9-14-20-6-3/h4-15H2,1-3H3,(H2,17,18,19). The molecule has 0 saturated carbocycles. The van der Waals surface area contributed by atoms with Crippen LogP contribution in [0.15, 0.2) is 4.99 Å². The number of hydrogen-bond donors (Lipinski definition) is 2. The van der Waals surface area contributed by atoms with Crippen LogP contribution < -0.4 is 10.6 Å². The van der Waals surface area contributed by atoms with Crippen molar-refractivity contribution in [2.75, 3.05) is 46.1 Å². The average Bonchev–Trinajstić information content (AvgIpc) is 2.49. The van der Waals surface area contributed by atoms with Crippen LogP contribution in [0.2, 0.25) is 0 Å². The van der Waals surface area contributed by atoms with E-state index in [2.05, 4.69) is 29.5 Å². The monoisotopic (exact) mass is 301 g/mol. The zero-order valence-corrected chi connectivity index (χ0v) is 14.2. The lowest BCUT2D eigenvalue weighted by Crippen LogP contribution is -2.38. The van der Waals surface area contributed by atoms with E-state index in [1.807, 2.05) is 6.92 Å². The Morgan fingerprint density at radius 3 is 2.33 bits per heavy atom. The predicted octanol–water partition coefficient (Wildman–Crippen LogP) is 2.57. The molecule has 0 unspecified atom stereocenters. The van der Waals surface area contributed by atoms with Gasteiger partial charge in [-0.3, -0.25) is 4.99 Å². The quantitative estimate of drug-likeness (QED) is 0.294. The first-order chi connectivity index (χ1) is 10.3. The molecule has 0 fully saturated rings. The Bertz CT molecular complexity index is 236. The lowest BCUT2D eigenvalue weighted by atomic mass is 10.3. The van der Waals surface area contributed by atoms with Crippen LogP contribution in [0.5, 0.6) is 0 Å². The van der Waals surface area contributed by atoms with E-state index in [1.54, 1.807) is 0 Å². The zero-order chi connectivity index (χ0) is 15.6. The molecule has 0 aromatic carbocycles. The summed E-state index contributed by atoms with van der Waals surface area (Å²) >= 11 is 0. The summed E-state index contributed by atoms with van der Waals surface area (Å²) in [5.41, 5.74) is 0. The van der Waals surface area contributed by atoms with Gasteiger partial charge in [0, 0.05) is 46.1 Å². The van der Waals surface area contributed by atoms with Gasteiger partial charge in [-0.25, -0.2) is 0 Å². The van der Waals surface area contributed by atoms with Crippen LogP contribution in [0.25, 0.3) is 0 Å². The highest BCUT2D eigenvalue weighted by atomic mass is 16.5. The van der Waals surface area contributed by atoms with Crippen LogP contribution in [0.1, 0.15) is 52.9 Å². The molecule has 0 aromatic rings. The molecule has 0 aliphatic carbocycles. The first-order valence-corrected chi connectivity index (χ1v) is 8.52. The Hall–Kier alpha value is -0.810. The van der Waals surface area contributed by atoms with E-state index in [4.69, 9.17) is 9.47 Å². The maximum Gasteiger partial charge on any atom is 0.191 e. The van der Waals surface area contributed by atoms with Crippen molar-refractivity contribution in [2.24, 2.45) is 4.99 Å². The molecule has 0 aliphatic heterocycles. The second kappa shape index (κ2) is 17.2. The van der Waals surface area contributed by atoms with Gasteiger partial charge in [-0.1, -0.05) is 13.3 Å². The van der Waals surface area contributed by atoms with Crippen LogP contribution in [0.3, 0.4) is 0 Å². The highest BCUT2D eigenvalue weighted by Gasteiger charge is 1.96. The summed E-state index contributed by atoms with van der Waals surface area (Å²) in [6, 6.07) is 0. The molecule has 0 radical (unpaired) electrons. The third kappa shape index (κ3) is 15.4. The molecule has 0 bridgehead atoms. The number of hydrogen-bond acceptors (Lipinski definition) is 3. The Balaban J connectivity index is 3.61. The molecular weight excluding hydrogens is 266 g/mol. The first-order valence-electron chi connectivity index (χ1n) is 8.52. The molecule has 126 valence electrons. The molecule has 0 heterocycles. The minimum Gasteiger partial charge on any atom is -0.382 e. The van der Waals surface area contributed by atoms with Crippen molar-refractivity contribution in [3.63, 3.8) is 0 Å². The van der Waals surface area contributed by atoms with Gasteiger partial charge in [0.25, 0.3) is 0 Å². The van der Waals surface area contributed by atoms with Crippen LogP contribution in [-0.4, -0.2) is 52.0 Å². The van der Waals surface area contributed by atoms with Gasteiger partial charge in [0.15, 0.2) is 5.96 Å². The normalized spacial score (nSPS) is 11.7. The van der Waals surface area contributed by atoms with E-state index < -0.39 is 0 Å². The number of unbranched alkanes of at least 4 members (excludes halogenated alkanes) is 2. The molecule has 0 saturated heterocycles. The van der Waals surface area contributed by atoms with Gasteiger partial charge < -0.3 is 20.1 Å². The van der Waals surface area contributed by atoms with E-state index in [1.165, 1.54) is 6.42 Å². The fraction of sp³-hybridized carbons (Fsp3) is 0.938. The fourth-order valence-electron chi connectivity index (χ4n) is 1.73. The van der Waals surface area contributed by atoms with Gasteiger partial charge in [-0.05, 0) is 39.5 Å². The van der Waals surface area contributed by atoms with Gasteiger partial charge in [0.1, 0.15) is 0 Å². The number of ether oxygens (including phenoxy) is 2. The van der Waals surface area contributed by atoms with Gasteiger partial charge in [0.05, 0.1) is 0 Å². The zero-order valence-electron chi connectivity index (χ0n) is 14.2. The van der Waals surface area contributed by atoms with E-state index in [-0.39, 0.29) is 0 Å². The topological polar surface area (TPSA) is 54.9 Å². The molecule has 0 rings (SSSR count). The molecule has 0 aromatic heterocycles. The van der Waals surface area contributed by atoms with Crippen molar-refractivity contribution in [1.29, 1.82) is 0 Å². The van der Waals surface area contributed by atoms with Crippen molar-refractivity contribution in [3.8, 4) is 0 Å². The second-order valence-corrected chi connectivity index (χ2v) is 4.91. The Morgan fingerprint density at radius 1 is 0.857 bits per heavy atom. The molecular formula is C16H35N3O2. The maximum absolute atomic E-state index is 5.53. The molecule has 2 N–H and O–H groups in total. The summed E-state index contributed by atoms with van der Waals surface area (Å²) < 4.78 is 10.8. The SMILES string of the molecule is CCCCOCCCN=C(NCC)NCCCCOCC. The minimum absolute atomic E-state index is 0.803. The predicted molar refractivity (Wildman–Crippen MR) is 90.1 cm³/mol. The number of aliphatic imine (C=N–C) groups is 1. The van der Waals surface area contributed by atoms with Crippen LogP contribution in [-0.2, 0) is 9.47 Å². The molecule has 5 heteroatoms. The molecule has 21 heavy (non-hydrogen) atoms. The highest BCUT2D eigenvalue weighted by molar-refractivity contribution is 5.79. The van der Waals surface area contributed by atoms with Crippen LogP contribution >= 0.6 is 0 Å². The van der Waals surface area contributed by atoms with Crippen LogP contribution in [0, 0.1) is 0 Å². The summed E-state index contributed by atoms with van der Waals surface area (Å²) in [7, 11) is 0. The third-order valence-corrected chi connectivity index (χ3v) is 2.92.